The van der Waals surface area contributed by atoms with E-state index in [2.05, 4.69) is 13.8 Å². The van der Waals surface area contributed by atoms with E-state index in [0.717, 1.165) is 37.0 Å². The highest BCUT2D eigenvalue weighted by Crippen LogP contribution is 2.30. The number of unbranched alkanes of at least 4 members (excludes halogenated alkanes) is 18. The minimum atomic E-state index is -0.540. The van der Waals surface area contributed by atoms with Gasteiger partial charge in [0.2, 0.25) is 0 Å². The molecule has 1 atom stereocenters. The van der Waals surface area contributed by atoms with Crippen LogP contribution in [-0.2, 0) is 4.79 Å². The van der Waals surface area contributed by atoms with Crippen LogP contribution < -0.4 is 0 Å². The van der Waals surface area contributed by atoms with Crippen molar-refractivity contribution in [1.82, 2.24) is 0 Å². The molecule has 0 aromatic rings. The van der Waals surface area contributed by atoms with Crippen LogP contribution in [-0.4, -0.2) is 41.2 Å². The van der Waals surface area contributed by atoms with Crippen molar-refractivity contribution in [2.45, 2.75) is 161 Å². The molecule has 3 nitrogen and oxygen atoms in total. The van der Waals surface area contributed by atoms with Crippen LogP contribution in [0, 0.1) is 0 Å². The number of carbonyl (C=O) groups is 1. The summed E-state index contributed by atoms with van der Waals surface area (Å²) < 4.78 is 0.892. The lowest BCUT2D eigenvalue weighted by molar-refractivity contribution is -0.932. The molecule has 0 radical (unpaired) electrons. The predicted octanol–water partition coefficient (Wildman–Crippen LogP) is 8.89. The fourth-order valence-electron chi connectivity index (χ4n) is 5.86. The normalized spacial score (nSPS) is 17.8. The van der Waals surface area contributed by atoms with Gasteiger partial charge in [-0.25, -0.2) is 4.79 Å². The minimum Gasteiger partial charge on any atom is -0.477 e. The zero-order valence-electron chi connectivity index (χ0n) is 22.1. The number of nitrogens with zero attached hydrogens (tertiary/aromatic N) is 1. The molecule has 1 heterocycles. The average Bonchev–Trinajstić information content (AvgIpc) is 3.20. The Bertz CT molecular complexity index is 413. The van der Waals surface area contributed by atoms with Crippen LogP contribution in [0.25, 0.3) is 0 Å². The Hall–Kier alpha value is -0.570. The summed E-state index contributed by atoms with van der Waals surface area (Å²) in [5.74, 6) is -0.540. The molecule has 0 aromatic carbocycles. The maximum Gasteiger partial charge on any atom is 0.362 e. The van der Waals surface area contributed by atoms with Gasteiger partial charge >= 0.3 is 5.97 Å². The molecule has 0 saturated carbocycles. The predicted molar refractivity (Wildman–Crippen MR) is 139 cm³/mol. The Labute approximate surface area is 201 Å². The number of hydrogen-bond donors (Lipinski definition) is 1. The van der Waals surface area contributed by atoms with Gasteiger partial charge in [-0.2, -0.15) is 0 Å². The average molecular weight is 453 g/mol. The molecule has 1 N–H and O–H groups in total. The standard InChI is InChI=1S/C29H57NO2/c1-3-5-7-9-11-13-15-17-19-21-25-30(27-23-24-28(30)29(31)32)26-22-20-18-16-14-12-10-8-6-4-2/h28H,3-27H2,1-2H3/p+1/t28-/m1/s1. The number of rotatable bonds is 23. The van der Waals surface area contributed by atoms with Crippen LogP contribution in [0.15, 0.2) is 0 Å². The second-order valence-electron chi connectivity index (χ2n) is 10.7. The van der Waals surface area contributed by atoms with E-state index in [1.807, 2.05) is 0 Å². The van der Waals surface area contributed by atoms with E-state index >= 15 is 0 Å². The summed E-state index contributed by atoms with van der Waals surface area (Å²) in [6, 6.07) is -0.132. The van der Waals surface area contributed by atoms with Crippen molar-refractivity contribution < 1.29 is 14.4 Å². The third-order valence-electron chi connectivity index (χ3n) is 7.94. The SMILES string of the molecule is CCCCCCCCCCCC[N+]1(CCCCCCCCCCCC)CCC[C@@H]1C(=O)O. The Morgan fingerprint density at radius 1 is 0.625 bits per heavy atom. The fourth-order valence-corrected chi connectivity index (χ4v) is 5.86. The number of hydrogen-bond acceptors (Lipinski definition) is 1. The van der Waals surface area contributed by atoms with Gasteiger partial charge in [-0.05, 0) is 25.7 Å². The number of carboxylic acid groups (broad SMARTS) is 1. The van der Waals surface area contributed by atoms with Gasteiger partial charge in [0.05, 0.1) is 19.6 Å². The highest BCUT2D eigenvalue weighted by Gasteiger charge is 2.45. The van der Waals surface area contributed by atoms with Crippen molar-refractivity contribution in [2.75, 3.05) is 19.6 Å². The Balaban J connectivity index is 2.20. The van der Waals surface area contributed by atoms with E-state index in [1.54, 1.807) is 0 Å². The molecule has 1 aliphatic rings. The summed E-state index contributed by atoms with van der Waals surface area (Å²) in [6.07, 6.45) is 29.1. The second kappa shape index (κ2) is 19.9. The van der Waals surface area contributed by atoms with Crippen LogP contribution in [0.1, 0.15) is 155 Å². The molecule has 32 heavy (non-hydrogen) atoms. The molecule has 0 aliphatic carbocycles. The molecular formula is C29H58NO2+. The van der Waals surface area contributed by atoms with E-state index < -0.39 is 5.97 Å². The van der Waals surface area contributed by atoms with E-state index in [9.17, 15) is 9.90 Å². The number of quaternary nitrogens is 1. The van der Waals surface area contributed by atoms with Gasteiger partial charge in [-0.15, -0.1) is 0 Å². The van der Waals surface area contributed by atoms with Crippen LogP contribution in [0.5, 0.6) is 0 Å². The maximum atomic E-state index is 12.0. The largest absolute Gasteiger partial charge is 0.477 e. The molecular weight excluding hydrogens is 394 g/mol. The van der Waals surface area contributed by atoms with Gasteiger partial charge in [0.1, 0.15) is 0 Å². The first-order chi connectivity index (χ1) is 15.7. The van der Waals surface area contributed by atoms with Crippen molar-refractivity contribution in [3.63, 3.8) is 0 Å². The lowest BCUT2D eigenvalue weighted by Gasteiger charge is -2.38. The second-order valence-corrected chi connectivity index (χ2v) is 10.7. The molecule has 1 saturated heterocycles. The van der Waals surface area contributed by atoms with Gasteiger partial charge in [0.25, 0.3) is 0 Å². The Morgan fingerprint density at radius 3 is 1.31 bits per heavy atom. The summed E-state index contributed by atoms with van der Waals surface area (Å²) in [6.45, 7) is 7.86. The molecule has 190 valence electrons. The highest BCUT2D eigenvalue weighted by atomic mass is 16.4. The topological polar surface area (TPSA) is 37.3 Å². The smallest absolute Gasteiger partial charge is 0.362 e. The molecule has 1 fully saturated rings. The van der Waals surface area contributed by atoms with E-state index in [4.69, 9.17) is 0 Å². The van der Waals surface area contributed by atoms with Crippen molar-refractivity contribution >= 4 is 5.97 Å². The molecule has 0 bridgehead atoms. The number of likely N-dealkylation sites (tertiary alicyclic amines) is 1. The maximum absolute atomic E-state index is 12.0. The van der Waals surface area contributed by atoms with Gasteiger partial charge in [-0.1, -0.05) is 117 Å². The molecule has 0 aromatic heterocycles. The first-order valence-corrected chi connectivity index (χ1v) is 14.7. The summed E-state index contributed by atoms with van der Waals surface area (Å²) in [4.78, 5) is 12.0. The van der Waals surface area contributed by atoms with Gasteiger partial charge in [-0.3, -0.25) is 0 Å². The third kappa shape index (κ3) is 13.2. The van der Waals surface area contributed by atoms with Crippen LogP contribution in [0.3, 0.4) is 0 Å². The van der Waals surface area contributed by atoms with Gasteiger partial charge < -0.3 is 9.59 Å². The molecule has 1 aliphatic heterocycles. The zero-order valence-corrected chi connectivity index (χ0v) is 22.1. The summed E-state index contributed by atoms with van der Waals surface area (Å²) in [7, 11) is 0. The van der Waals surface area contributed by atoms with Crippen molar-refractivity contribution in [2.24, 2.45) is 0 Å². The van der Waals surface area contributed by atoms with E-state index in [0.29, 0.717) is 0 Å². The Morgan fingerprint density at radius 2 is 0.969 bits per heavy atom. The van der Waals surface area contributed by atoms with Crippen molar-refractivity contribution in [3.05, 3.63) is 0 Å². The van der Waals surface area contributed by atoms with Gasteiger partial charge in [0, 0.05) is 12.8 Å². The van der Waals surface area contributed by atoms with Crippen molar-refractivity contribution in [1.29, 1.82) is 0 Å². The van der Waals surface area contributed by atoms with Crippen LogP contribution >= 0.6 is 0 Å². The third-order valence-corrected chi connectivity index (χ3v) is 7.94. The molecule has 0 unspecified atom stereocenters. The quantitative estimate of drug-likeness (QED) is 0.124. The fraction of sp³-hybridized carbons (Fsp3) is 0.966. The monoisotopic (exact) mass is 452 g/mol. The van der Waals surface area contributed by atoms with Gasteiger partial charge in [0.15, 0.2) is 6.04 Å². The molecule has 1 rings (SSSR count). The summed E-state index contributed by atoms with van der Waals surface area (Å²) in [5.41, 5.74) is 0. The van der Waals surface area contributed by atoms with Crippen LogP contribution in [0.4, 0.5) is 0 Å². The van der Waals surface area contributed by atoms with Crippen LogP contribution in [0.2, 0.25) is 0 Å². The number of carboxylic acids is 1. The van der Waals surface area contributed by atoms with E-state index in [-0.39, 0.29) is 6.04 Å². The first kappa shape index (κ1) is 29.5. The van der Waals surface area contributed by atoms with E-state index in [1.165, 1.54) is 128 Å². The molecule has 0 amide bonds. The summed E-state index contributed by atoms with van der Waals surface area (Å²) >= 11 is 0. The summed E-state index contributed by atoms with van der Waals surface area (Å²) in [5, 5.41) is 9.86. The minimum absolute atomic E-state index is 0.132. The lowest BCUT2D eigenvalue weighted by Crippen LogP contribution is -2.55. The zero-order chi connectivity index (χ0) is 23.3. The van der Waals surface area contributed by atoms with Crippen molar-refractivity contribution in [3.8, 4) is 0 Å². The highest BCUT2D eigenvalue weighted by molar-refractivity contribution is 5.72. The lowest BCUT2D eigenvalue weighted by atomic mass is 10.0. The number of aliphatic carboxylic acids is 1. The first-order valence-electron chi connectivity index (χ1n) is 14.7. The Kier molecular flexibility index (Phi) is 18.3. The molecule has 3 heteroatoms. The molecule has 0 spiro atoms.